The molecule has 4 atom stereocenters. The molecule has 4 bridgehead atoms. The fourth-order valence-corrected chi connectivity index (χ4v) is 14.0. The monoisotopic (exact) mass is 1140 g/mol. The molecule has 6 fully saturated rings. The van der Waals surface area contributed by atoms with Gasteiger partial charge in [0, 0.05) is 48.0 Å². The lowest BCUT2D eigenvalue weighted by Gasteiger charge is -2.48. The predicted octanol–water partition coefficient (Wildman–Crippen LogP) is 16.4. The Kier molecular flexibility index (Phi) is 18.0. The highest BCUT2D eigenvalue weighted by molar-refractivity contribution is 5.92. The maximum absolute atomic E-state index is 14.7. The number of nitrogens with zero attached hydrogens (tertiary/aromatic N) is 2. The highest BCUT2D eigenvalue weighted by Gasteiger charge is 2.47. The lowest BCUT2D eigenvalue weighted by atomic mass is 9.78. The van der Waals surface area contributed by atoms with E-state index in [2.05, 4.69) is 9.80 Å². The van der Waals surface area contributed by atoms with Gasteiger partial charge in [-0.15, -0.1) is 0 Å². The standard InChI is InChI=1S/C31H37F6NO3.C29H33F6NO3/c1-18(2)40-29(39)21-15-23-7-4-8-24(16-21)38(23)17-20-6-3-5-19-9-14-26(28(27(19)20)31(35,36)37)41-25-12-10-22(11-13-25)30(32,33)34;30-28(31,32)20-9-11-23(12-10-20)39-24-13-8-17-4-3-5-18(25(17)26(24)29(33,34)35)16-36-21-6-1-2-7-22(36)15-19(14-21)27(37)38/h3,5-6,9,14,18,21-25H,4,7-8,10-13,15-17H2,1-2H3;3-5,8,13,19-23H,1-2,6-7,9-12,14-16H2,(H,37,38). The first kappa shape index (κ1) is 59.6. The molecular weight excluding hydrogens is 1070 g/mol. The number of aliphatic carboxylic acids is 1. The lowest BCUT2D eigenvalue weighted by Crippen LogP contribution is -2.53. The second kappa shape index (κ2) is 24.1. The molecule has 20 heteroatoms. The van der Waals surface area contributed by atoms with Crippen molar-refractivity contribution in [2.75, 3.05) is 0 Å². The second-order valence-corrected chi connectivity index (χ2v) is 23.5. The van der Waals surface area contributed by atoms with Crippen molar-refractivity contribution in [3.63, 3.8) is 0 Å². The summed E-state index contributed by atoms with van der Waals surface area (Å²) in [6, 6.07) is 16.0. The molecule has 0 amide bonds. The van der Waals surface area contributed by atoms with Gasteiger partial charge < -0.3 is 19.3 Å². The Morgan fingerprint density at radius 3 is 1.24 bits per heavy atom. The number of hydrogen-bond acceptors (Lipinski definition) is 7. The van der Waals surface area contributed by atoms with Crippen molar-refractivity contribution < 1.29 is 81.6 Å². The van der Waals surface area contributed by atoms with E-state index in [-0.39, 0.29) is 122 Å². The van der Waals surface area contributed by atoms with Crippen molar-refractivity contribution in [3.05, 3.63) is 82.9 Å². The van der Waals surface area contributed by atoms with Crippen molar-refractivity contribution in [2.24, 2.45) is 23.7 Å². The van der Waals surface area contributed by atoms with E-state index in [0.29, 0.717) is 54.1 Å². The molecule has 4 aliphatic heterocycles. The Labute approximate surface area is 457 Å². The first-order chi connectivity index (χ1) is 37.7. The van der Waals surface area contributed by atoms with Crippen LogP contribution in [0.4, 0.5) is 52.7 Å². The first-order valence-corrected chi connectivity index (χ1v) is 28.4. The van der Waals surface area contributed by atoms with Crippen molar-refractivity contribution in [2.45, 2.75) is 216 Å². The molecule has 10 rings (SSSR count). The van der Waals surface area contributed by atoms with Crippen LogP contribution in [-0.2, 0) is 39.8 Å². The van der Waals surface area contributed by atoms with Crippen LogP contribution in [0.1, 0.15) is 158 Å². The third-order valence-corrected chi connectivity index (χ3v) is 17.9. The van der Waals surface area contributed by atoms with Gasteiger partial charge in [-0.05, 0) is 151 Å². The zero-order valence-electron chi connectivity index (χ0n) is 44.9. The molecule has 2 saturated carbocycles. The van der Waals surface area contributed by atoms with Gasteiger partial charge in [-0.25, -0.2) is 0 Å². The van der Waals surface area contributed by atoms with E-state index >= 15 is 0 Å². The number of rotatable bonds is 11. The predicted molar refractivity (Wildman–Crippen MR) is 276 cm³/mol. The Morgan fingerprint density at radius 1 is 0.512 bits per heavy atom. The normalized spacial score (nSPS) is 28.2. The zero-order chi connectivity index (χ0) is 57.5. The van der Waals surface area contributed by atoms with Crippen LogP contribution in [0.5, 0.6) is 11.5 Å². The van der Waals surface area contributed by atoms with Gasteiger partial charge in [0.05, 0.1) is 42.0 Å². The van der Waals surface area contributed by atoms with Gasteiger partial charge in [-0.3, -0.25) is 19.4 Å². The average molecular weight is 1140 g/mol. The van der Waals surface area contributed by atoms with Crippen molar-refractivity contribution in [3.8, 4) is 11.5 Å². The van der Waals surface area contributed by atoms with Crippen LogP contribution in [0.3, 0.4) is 0 Å². The summed E-state index contributed by atoms with van der Waals surface area (Å²) in [4.78, 5) is 28.9. The van der Waals surface area contributed by atoms with Crippen LogP contribution in [0, 0.1) is 23.7 Å². The van der Waals surface area contributed by atoms with Crippen LogP contribution >= 0.6 is 0 Å². The summed E-state index contributed by atoms with van der Waals surface area (Å²) in [6.45, 7) is 4.21. The summed E-state index contributed by atoms with van der Waals surface area (Å²) in [5.41, 5.74) is -0.737. The number of carboxylic acids is 1. The molecule has 440 valence electrons. The van der Waals surface area contributed by atoms with Crippen molar-refractivity contribution in [1.82, 2.24) is 9.80 Å². The lowest BCUT2D eigenvalue weighted by molar-refractivity contribution is -0.186. The number of carbonyl (C=O) groups excluding carboxylic acids is 1. The fraction of sp³-hybridized carbons (Fsp3) is 0.633. The van der Waals surface area contributed by atoms with E-state index in [1.54, 1.807) is 48.5 Å². The molecule has 4 aromatic rings. The smallest absolute Gasteiger partial charge is 0.420 e. The maximum atomic E-state index is 14.7. The van der Waals surface area contributed by atoms with Crippen LogP contribution < -0.4 is 9.47 Å². The molecule has 4 saturated heterocycles. The number of ether oxygens (including phenoxy) is 3. The van der Waals surface area contributed by atoms with Gasteiger partial charge in [0.1, 0.15) is 22.6 Å². The van der Waals surface area contributed by atoms with E-state index in [1.165, 1.54) is 12.1 Å². The minimum absolute atomic E-state index is 0.0137. The molecule has 0 radical (unpaired) electrons. The zero-order valence-corrected chi connectivity index (χ0v) is 44.9. The number of carbonyl (C=O) groups is 2. The fourth-order valence-electron chi connectivity index (χ4n) is 14.0. The number of carboxylic acid groups (broad SMARTS) is 1. The average Bonchev–Trinajstić information content (AvgIpc) is 3.64. The molecule has 1 N–H and O–H groups in total. The van der Waals surface area contributed by atoms with Crippen LogP contribution in [-0.4, -0.2) is 81.7 Å². The van der Waals surface area contributed by atoms with Crippen molar-refractivity contribution in [1.29, 1.82) is 0 Å². The number of hydrogen-bond donors (Lipinski definition) is 1. The quantitative estimate of drug-likeness (QED) is 0.117. The van der Waals surface area contributed by atoms with E-state index in [0.717, 1.165) is 44.9 Å². The first-order valence-electron chi connectivity index (χ1n) is 28.4. The van der Waals surface area contributed by atoms with Gasteiger partial charge >= 0.3 is 36.6 Å². The summed E-state index contributed by atoms with van der Waals surface area (Å²) < 4.78 is 184. The SMILES string of the molecule is CC(C)OC(=O)C1CC2CCCC(C1)N2Cc1cccc2ccc(OC3CCC(C(F)(F)F)CC3)c(C(F)(F)F)c12.O=C(O)C1CC2CCCCC(C1)N2Cc1cccc2ccc(OC3CCC(C(F)(F)F)CC3)c(C(F)(F)F)c12. The number of alkyl halides is 12. The van der Waals surface area contributed by atoms with E-state index in [9.17, 15) is 67.4 Å². The van der Waals surface area contributed by atoms with Crippen LogP contribution in [0.15, 0.2) is 60.7 Å². The molecule has 4 heterocycles. The Hall–Kier alpha value is -4.98. The molecule has 0 spiro atoms. The van der Waals surface area contributed by atoms with E-state index in [1.807, 2.05) is 13.8 Å². The number of esters is 1. The molecule has 80 heavy (non-hydrogen) atoms. The largest absolute Gasteiger partial charge is 0.490 e. The van der Waals surface area contributed by atoms with Gasteiger partial charge in [0.25, 0.3) is 0 Å². The molecule has 4 unspecified atom stereocenters. The molecule has 8 nitrogen and oxygen atoms in total. The molecule has 2 aliphatic carbocycles. The minimum atomic E-state index is -4.74. The summed E-state index contributed by atoms with van der Waals surface area (Å²) in [7, 11) is 0. The number of benzene rings is 4. The molecule has 0 aromatic heterocycles. The molecular formula is C60H70F12N2O6. The number of halogens is 12. The summed E-state index contributed by atoms with van der Waals surface area (Å²) in [5, 5.41) is 10.6. The Bertz CT molecular complexity index is 2770. The van der Waals surface area contributed by atoms with Gasteiger partial charge in [-0.2, -0.15) is 52.7 Å². The van der Waals surface area contributed by atoms with Crippen LogP contribution in [0.2, 0.25) is 0 Å². The van der Waals surface area contributed by atoms with Crippen LogP contribution in [0.25, 0.3) is 21.5 Å². The van der Waals surface area contributed by atoms with Gasteiger partial charge in [-0.1, -0.05) is 67.8 Å². The van der Waals surface area contributed by atoms with E-state index < -0.39 is 71.8 Å². The Balaban J connectivity index is 0.000000194. The van der Waals surface area contributed by atoms with Crippen molar-refractivity contribution >= 4 is 33.5 Å². The summed E-state index contributed by atoms with van der Waals surface area (Å²) >= 11 is 0. The van der Waals surface area contributed by atoms with Gasteiger partial charge in [0.2, 0.25) is 0 Å². The van der Waals surface area contributed by atoms with Gasteiger partial charge in [0.15, 0.2) is 0 Å². The summed E-state index contributed by atoms with van der Waals surface area (Å²) in [6.07, 6.45) is -11.6. The third-order valence-electron chi connectivity index (χ3n) is 17.9. The van der Waals surface area contributed by atoms with E-state index in [4.69, 9.17) is 14.2 Å². The minimum Gasteiger partial charge on any atom is -0.490 e. The number of piperidine rings is 3. The Morgan fingerprint density at radius 2 is 0.887 bits per heavy atom. The molecule has 6 aliphatic rings. The highest BCUT2D eigenvalue weighted by atomic mass is 19.4. The highest BCUT2D eigenvalue weighted by Crippen LogP contribution is 2.49. The molecule has 4 aromatic carbocycles. The third kappa shape index (κ3) is 13.7. The topological polar surface area (TPSA) is 88.5 Å². The second-order valence-electron chi connectivity index (χ2n) is 23.5. The number of fused-ring (bicyclic) bond motifs is 6. The maximum Gasteiger partial charge on any atom is 0.420 e. The summed E-state index contributed by atoms with van der Waals surface area (Å²) in [5.74, 6) is -5.24.